The first-order valence-corrected chi connectivity index (χ1v) is 6.25. The Morgan fingerprint density at radius 2 is 2.06 bits per heavy atom. The Labute approximate surface area is 108 Å². The number of pyridine rings is 1. The number of nitrogens with zero attached hydrogens (tertiary/aromatic N) is 1. The summed E-state index contributed by atoms with van der Waals surface area (Å²) in [5, 5.41) is 12.3. The molecule has 1 atom stereocenters. The zero-order valence-electron chi connectivity index (χ0n) is 11.7. The molecule has 0 aliphatic heterocycles. The molecule has 4 heteroatoms. The molecular weight excluding hydrogens is 228 g/mol. The first kappa shape index (κ1) is 14.5. The van der Waals surface area contributed by atoms with Gasteiger partial charge in [-0.2, -0.15) is 0 Å². The Morgan fingerprint density at radius 3 is 2.50 bits per heavy atom. The average molecular weight is 250 g/mol. The number of aryl methyl sites for hydroxylation is 1. The second kappa shape index (κ2) is 5.38. The molecule has 0 spiro atoms. The van der Waals surface area contributed by atoms with Crippen LogP contribution in [0.5, 0.6) is 0 Å². The molecule has 1 aromatic heterocycles. The SMILES string of the molecule is CCc1cc(C(=O)O)cc(NC(C)C(C)(C)C)n1. The van der Waals surface area contributed by atoms with Gasteiger partial charge in [0.1, 0.15) is 5.82 Å². The number of nitrogens with one attached hydrogen (secondary N) is 1. The first-order valence-electron chi connectivity index (χ1n) is 6.25. The summed E-state index contributed by atoms with van der Waals surface area (Å²) in [7, 11) is 0. The molecule has 0 aliphatic rings. The highest BCUT2D eigenvalue weighted by Crippen LogP contribution is 2.22. The second-order valence-electron chi connectivity index (χ2n) is 5.62. The smallest absolute Gasteiger partial charge is 0.335 e. The molecule has 1 heterocycles. The van der Waals surface area contributed by atoms with Crippen molar-refractivity contribution in [3.8, 4) is 0 Å². The number of rotatable bonds is 4. The van der Waals surface area contributed by atoms with Gasteiger partial charge in [-0.05, 0) is 30.9 Å². The van der Waals surface area contributed by atoms with Crippen LogP contribution in [0, 0.1) is 5.41 Å². The van der Waals surface area contributed by atoms with E-state index in [0.717, 1.165) is 12.1 Å². The molecule has 1 aromatic rings. The third-order valence-corrected chi connectivity index (χ3v) is 3.15. The van der Waals surface area contributed by atoms with Crippen molar-refractivity contribution in [2.24, 2.45) is 5.41 Å². The van der Waals surface area contributed by atoms with Gasteiger partial charge in [0.15, 0.2) is 0 Å². The van der Waals surface area contributed by atoms with E-state index < -0.39 is 5.97 Å². The lowest BCUT2D eigenvalue weighted by atomic mass is 9.88. The van der Waals surface area contributed by atoms with Crippen LogP contribution in [-0.2, 0) is 6.42 Å². The molecule has 4 nitrogen and oxygen atoms in total. The Morgan fingerprint density at radius 1 is 1.44 bits per heavy atom. The summed E-state index contributed by atoms with van der Waals surface area (Å²) >= 11 is 0. The maximum atomic E-state index is 11.0. The highest BCUT2D eigenvalue weighted by molar-refractivity contribution is 5.88. The van der Waals surface area contributed by atoms with Gasteiger partial charge < -0.3 is 10.4 Å². The Balaban J connectivity index is 3.02. The van der Waals surface area contributed by atoms with Gasteiger partial charge in [0.05, 0.1) is 5.56 Å². The molecule has 100 valence electrons. The van der Waals surface area contributed by atoms with Gasteiger partial charge in [-0.15, -0.1) is 0 Å². The molecule has 2 N–H and O–H groups in total. The standard InChI is InChI=1S/C14H22N2O2/c1-6-11-7-10(13(17)18)8-12(16-11)15-9(2)14(3,4)5/h7-9H,6H2,1-5H3,(H,15,16)(H,17,18). The summed E-state index contributed by atoms with van der Waals surface area (Å²) in [6, 6.07) is 3.41. The Hall–Kier alpha value is -1.58. The van der Waals surface area contributed by atoms with E-state index in [-0.39, 0.29) is 17.0 Å². The van der Waals surface area contributed by atoms with Crippen LogP contribution in [0.3, 0.4) is 0 Å². The van der Waals surface area contributed by atoms with E-state index >= 15 is 0 Å². The minimum atomic E-state index is -0.918. The summed E-state index contributed by atoms with van der Waals surface area (Å²) in [4.78, 5) is 15.5. The molecule has 0 amide bonds. The molecule has 0 saturated carbocycles. The fraction of sp³-hybridized carbons (Fsp3) is 0.571. The third-order valence-electron chi connectivity index (χ3n) is 3.15. The summed E-state index contributed by atoms with van der Waals surface area (Å²) < 4.78 is 0. The van der Waals surface area contributed by atoms with Crippen molar-refractivity contribution >= 4 is 11.8 Å². The predicted molar refractivity (Wildman–Crippen MR) is 73.1 cm³/mol. The van der Waals surface area contributed by atoms with Gasteiger partial charge in [-0.3, -0.25) is 0 Å². The van der Waals surface area contributed by atoms with Crippen LogP contribution < -0.4 is 5.32 Å². The maximum absolute atomic E-state index is 11.0. The third kappa shape index (κ3) is 3.72. The monoisotopic (exact) mass is 250 g/mol. The summed E-state index contributed by atoms with van der Waals surface area (Å²) in [5.41, 5.74) is 1.16. The van der Waals surface area contributed by atoms with Crippen LogP contribution in [0.15, 0.2) is 12.1 Å². The summed E-state index contributed by atoms with van der Waals surface area (Å²) in [5.74, 6) is -0.285. The Kier molecular flexibility index (Phi) is 4.33. The van der Waals surface area contributed by atoms with Gasteiger partial charge in [-0.25, -0.2) is 9.78 Å². The minimum absolute atomic E-state index is 0.0906. The highest BCUT2D eigenvalue weighted by Gasteiger charge is 2.20. The summed E-state index contributed by atoms with van der Waals surface area (Å²) in [6.07, 6.45) is 0.722. The zero-order chi connectivity index (χ0) is 13.9. The van der Waals surface area contributed by atoms with E-state index in [1.807, 2.05) is 6.92 Å². The van der Waals surface area contributed by atoms with Crippen LogP contribution in [0.4, 0.5) is 5.82 Å². The van der Waals surface area contributed by atoms with Crippen molar-refractivity contribution in [1.29, 1.82) is 0 Å². The summed E-state index contributed by atoms with van der Waals surface area (Å²) in [6.45, 7) is 10.4. The normalized spacial score (nSPS) is 13.2. The van der Waals surface area contributed by atoms with E-state index in [9.17, 15) is 4.79 Å². The number of anilines is 1. The molecule has 0 bridgehead atoms. The molecule has 0 saturated heterocycles. The van der Waals surface area contributed by atoms with E-state index in [2.05, 4.69) is 38.0 Å². The number of aromatic nitrogens is 1. The van der Waals surface area contributed by atoms with Crippen molar-refractivity contribution in [3.63, 3.8) is 0 Å². The Bertz CT molecular complexity index is 436. The molecule has 0 aliphatic carbocycles. The van der Waals surface area contributed by atoms with Crippen LogP contribution in [-0.4, -0.2) is 22.1 Å². The fourth-order valence-electron chi connectivity index (χ4n) is 1.40. The van der Waals surface area contributed by atoms with Crippen molar-refractivity contribution in [1.82, 2.24) is 4.98 Å². The molecule has 18 heavy (non-hydrogen) atoms. The molecular formula is C14H22N2O2. The van der Waals surface area contributed by atoms with Gasteiger partial charge in [0.25, 0.3) is 0 Å². The number of carboxylic acids is 1. The topological polar surface area (TPSA) is 62.2 Å². The number of hydrogen-bond donors (Lipinski definition) is 2. The van der Waals surface area contributed by atoms with Crippen molar-refractivity contribution in [2.45, 2.75) is 47.1 Å². The van der Waals surface area contributed by atoms with Crippen molar-refractivity contribution < 1.29 is 9.90 Å². The number of hydrogen-bond acceptors (Lipinski definition) is 3. The van der Waals surface area contributed by atoms with Gasteiger partial charge in [-0.1, -0.05) is 27.7 Å². The second-order valence-corrected chi connectivity index (χ2v) is 5.62. The number of carbonyl (C=O) groups is 1. The zero-order valence-corrected chi connectivity index (χ0v) is 11.7. The average Bonchev–Trinajstić information content (AvgIpc) is 2.27. The van der Waals surface area contributed by atoms with Crippen molar-refractivity contribution in [3.05, 3.63) is 23.4 Å². The largest absolute Gasteiger partial charge is 0.478 e. The van der Waals surface area contributed by atoms with Gasteiger partial charge >= 0.3 is 5.97 Å². The molecule has 0 aromatic carbocycles. The van der Waals surface area contributed by atoms with Crippen LogP contribution in [0.25, 0.3) is 0 Å². The quantitative estimate of drug-likeness (QED) is 0.861. The molecule has 1 unspecified atom stereocenters. The molecule has 0 radical (unpaired) electrons. The van der Waals surface area contributed by atoms with Crippen LogP contribution in [0.2, 0.25) is 0 Å². The van der Waals surface area contributed by atoms with Crippen LogP contribution in [0.1, 0.15) is 50.7 Å². The fourth-order valence-corrected chi connectivity index (χ4v) is 1.40. The number of carboxylic acid groups (broad SMARTS) is 1. The van der Waals surface area contributed by atoms with E-state index in [1.54, 1.807) is 12.1 Å². The van der Waals surface area contributed by atoms with Crippen molar-refractivity contribution in [2.75, 3.05) is 5.32 Å². The minimum Gasteiger partial charge on any atom is -0.478 e. The van der Waals surface area contributed by atoms with Gasteiger partial charge in [0.2, 0.25) is 0 Å². The maximum Gasteiger partial charge on any atom is 0.335 e. The lowest BCUT2D eigenvalue weighted by Crippen LogP contribution is -2.31. The van der Waals surface area contributed by atoms with E-state index in [0.29, 0.717) is 5.82 Å². The van der Waals surface area contributed by atoms with Crippen LogP contribution >= 0.6 is 0 Å². The van der Waals surface area contributed by atoms with E-state index in [4.69, 9.17) is 5.11 Å². The first-order chi connectivity index (χ1) is 8.24. The lowest BCUT2D eigenvalue weighted by Gasteiger charge is -2.28. The van der Waals surface area contributed by atoms with E-state index in [1.165, 1.54) is 0 Å². The lowest BCUT2D eigenvalue weighted by molar-refractivity contribution is 0.0696. The molecule has 0 fully saturated rings. The van der Waals surface area contributed by atoms with Gasteiger partial charge in [0, 0.05) is 11.7 Å². The predicted octanol–water partition coefficient (Wildman–Crippen LogP) is 3.19. The highest BCUT2D eigenvalue weighted by atomic mass is 16.4. The molecule has 1 rings (SSSR count). The number of aromatic carboxylic acids is 1.